The lowest BCUT2D eigenvalue weighted by atomic mass is 10.1. The fourth-order valence-corrected chi connectivity index (χ4v) is 2.59. The molecule has 0 atom stereocenters. The summed E-state index contributed by atoms with van der Waals surface area (Å²) in [7, 11) is 3.07. The summed E-state index contributed by atoms with van der Waals surface area (Å²) in [6.45, 7) is 4.62. The molecule has 2 rings (SSSR count). The highest BCUT2D eigenvalue weighted by molar-refractivity contribution is 6.04. The third-order valence-corrected chi connectivity index (χ3v) is 4.03. The Bertz CT molecular complexity index is 789. The van der Waals surface area contributed by atoms with Crippen molar-refractivity contribution in [1.29, 1.82) is 0 Å². The molecule has 0 heterocycles. The Hall–Kier alpha value is -3.02. The van der Waals surface area contributed by atoms with Crippen LogP contribution in [0.15, 0.2) is 42.5 Å². The molecule has 2 aromatic carbocycles. The summed E-state index contributed by atoms with van der Waals surface area (Å²) in [5.74, 6) is 0.832. The van der Waals surface area contributed by atoms with Crippen molar-refractivity contribution < 1.29 is 19.1 Å². The number of hydrogen-bond donors (Lipinski definition) is 1. The maximum absolute atomic E-state index is 12.5. The van der Waals surface area contributed by atoms with E-state index in [1.54, 1.807) is 37.1 Å². The summed E-state index contributed by atoms with van der Waals surface area (Å²) in [4.78, 5) is 25.8. The Kier molecular flexibility index (Phi) is 6.60. The number of benzene rings is 2. The molecule has 0 saturated carbocycles. The molecule has 1 N–H and O–H groups in total. The first-order valence-electron chi connectivity index (χ1n) is 8.36. The molecule has 2 amide bonds. The normalized spacial score (nSPS) is 10.2. The van der Waals surface area contributed by atoms with Gasteiger partial charge in [0.15, 0.2) is 11.5 Å². The van der Waals surface area contributed by atoms with Gasteiger partial charge < -0.3 is 19.7 Å². The Labute approximate surface area is 153 Å². The summed E-state index contributed by atoms with van der Waals surface area (Å²) < 4.78 is 10.4. The molecule has 0 aromatic heterocycles. The number of hydrogen-bond acceptors (Lipinski definition) is 4. The molecule has 6 nitrogen and oxygen atoms in total. The van der Waals surface area contributed by atoms with Gasteiger partial charge in [0.2, 0.25) is 5.91 Å². The number of carbonyl (C=O) groups is 2. The molecule has 0 aliphatic carbocycles. The number of rotatable bonds is 7. The van der Waals surface area contributed by atoms with Gasteiger partial charge in [-0.25, -0.2) is 0 Å². The number of methoxy groups -OCH3 is 2. The molecule has 2 aromatic rings. The maximum atomic E-state index is 12.5. The van der Waals surface area contributed by atoms with Gasteiger partial charge >= 0.3 is 0 Å². The highest BCUT2D eigenvalue weighted by atomic mass is 16.5. The minimum atomic E-state index is -0.248. The molecule has 0 spiro atoms. The number of ether oxygens (including phenoxy) is 2. The molecule has 0 saturated heterocycles. The van der Waals surface area contributed by atoms with Crippen molar-refractivity contribution in [1.82, 2.24) is 4.90 Å². The Morgan fingerprint density at radius 3 is 2.38 bits per heavy atom. The van der Waals surface area contributed by atoms with Crippen LogP contribution < -0.4 is 14.8 Å². The fraction of sp³-hybridized carbons (Fsp3) is 0.300. The zero-order valence-electron chi connectivity index (χ0n) is 15.5. The predicted molar refractivity (Wildman–Crippen MR) is 101 cm³/mol. The largest absolute Gasteiger partial charge is 0.493 e. The summed E-state index contributed by atoms with van der Waals surface area (Å²) in [5, 5.41) is 2.87. The molecule has 26 heavy (non-hydrogen) atoms. The average Bonchev–Trinajstić information content (AvgIpc) is 2.65. The Morgan fingerprint density at radius 1 is 1.04 bits per heavy atom. The Morgan fingerprint density at radius 2 is 1.77 bits per heavy atom. The van der Waals surface area contributed by atoms with Crippen LogP contribution in [-0.4, -0.2) is 37.5 Å². The van der Waals surface area contributed by atoms with Crippen LogP contribution >= 0.6 is 0 Å². The maximum Gasteiger partial charge on any atom is 0.255 e. The molecule has 138 valence electrons. The molecule has 0 aliphatic heterocycles. The predicted octanol–water partition coefficient (Wildman–Crippen LogP) is 3.32. The summed E-state index contributed by atoms with van der Waals surface area (Å²) in [6.07, 6.45) is 0. The first-order valence-corrected chi connectivity index (χ1v) is 8.36. The van der Waals surface area contributed by atoms with Gasteiger partial charge in [0.05, 0.1) is 14.2 Å². The van der Waals surface area contributed by atoms with Gasteiger partial charge in [-0.1, -0.05) is 12.1 Å². The van der Waals surface area contributed by atoms with Crippen LogP contribution in [0.4, 0.5) is 5.69 Å². The van der Waals surface area contributed by atoms with Crippen LogP contribution in [0.2, 0.25) is 0 Å². The van der Waals surface area contributed by atoms with E-state index in [1.807, 2.05) is 31.2 Å². The quantitative estimate of drug-likeness (QED) is 0.826. The van der Waals surface area contributed by atoms with Crippen molar-refractivity contribution in [2.75, 3.05) is 26.1 Å². The van der Waals surface area contributed by atoms with E-state index in [1.165, 1.54) is 7.11 Å². The third-order valence-electron chi connectivity index (χ3n) is 4.03. The van der Waals surface area contributed by atoms with E-state index in [0.29, 0.717) is 35.8 Å². The molecule has 0 aliphatic rings. The Balaban J connectivity index is 2.14. The summed E-state index contributed by atoms with van der Waals surface area (Å²) in [6, 6.07) is 12.5. The van der Waals surface area contributed by atoms with E-state index < -0.39 is 0 Å². The number of anilines is 1. The lowest BCUT2D eigenvalue weighted by molar-refractivity contribution is -0.129. The van der Waals surface area contributed by atoms with Crippen LogP contribution in [0.1, 0.15) is 29.8 Å². The van der Waals surface area contributed by atoms with Gasteiger partial charge in [0.25, 0.3) is 5.91 Å². The fourth-order valence-electron chi connectivity index (χ4n) is 2.59. The molecule has 0 radical (unpaired) electrons. The van der Waals surface area contributed by atoms with E-state index in [4.69, 9.17) is 9.47 Å². The third kappa shape index (κ3) is 4.75. The van der Waals surface area contributed by atoms with E-state index in [0.717, 1.165) is 5.56 Å². The van der Waals surface area contributed by atoms with Gasteiger partial charge in [-0.3, -0.25) is 9.59 Å². The molecular weight excluding hydrogens is 332 g/mol. The molecule has 0 bridgehead atoms. The van der Waals surface area contributed by atoms with Crippen molar-refractivity contribution in [2.24, 2.45) is 0 Å². The van der Waals surface area contributed by atoms with Crippen LogP contribution in [0.5, 0.6) is 11.5 Å². The topological polar surface area (TPSA) is 67.9 Å². The second-order valence-electron chi connectivity index (χ2n) is 5.76. The lowest BCUT2D eigenvalue weighted by Crippen LogP contribution is -2.27. The van der Waals surface area contributed by atoms with Gasteiger partial charge in [0, 0.05) is 31.3 Å². The van der Waals surface area contributed by atoms with Crippen molar-refractivity contribution in [3.8, 4) is 11.5 Å². The second kappa shape index (κ2) is 8.89. The summed E-state index contributed by atoms with van der Waals surface area (Å²) >= 11 is 0. The van der Waals surface area contributed by atoms with Crippen LogP contribution in [0.25, 0.3) is 0 Å². The van der Waals surface area contributed by atoms with Crippen molar-refractivity contribution >= 4 is 17.5 Å². The SMILES string of the molecule is CCN(Cc1cccc(NC(=O)c2ccc(OC)c(OC)c2)c1)C(C)=O. The number of nitrogens with zero attached hydrogens (tertiary/aromatic N) is 1. The standard InChI is InChI=1S/C20H24N2O4/c1-5-22(14(2)23)13-15-7-6-8-17(11-15)21-20(24)16-9-10-18(25-3)19(12-16)26-4/h6-12H,5,13H2,1-4H3,(H,21,24). The highest BCUT2D eigenvalue weighted by Crippen LogP contribution is 2.28. The van der Waals surface area contributed by atoms with Gasteiger partial charge in [-0.05, 0) is 42.8 Å². The van der Waals surface area contributed by atoms with Crippen LogP contribution in [-0.2, 0) is 11.3 Å². The minimum absolute atomic E-state index is 0.0206. The number of nitrogens with one attached hydrogen (secondary N) is 1. The van der Waals surface area contributed by atoms with Crippen LogP contribution in [0.3, 0.4) is 0 Å². The zero-order chi connectivity index (χ0) is 19.1. The van der Waals surface area contributed by atoms with Crippen molar-refractivity contribution in [3.63, 3.8) is 0 Å². The van der Waals surface area contributed by atoms with E-state index in [-0.39, 0.29) is 11.8 Å². The van der Waals surface area contributed by atoms with E-state index in [9.17, 15) is 9.59 Å². The lowest BCUT2D eigenvalue weighted by Gasteiger charge is -2.19. The van der Waals surface area contributed by atoms with Crippen molar-refractivity contribution in [3.05, 3.63) is 53.6 Å². The molecule has 0 fully saturated rings. The van der Waals surface area contributed by atoms with Gasteiger partial charge in [-0.2, -0.15) is 0 Å². The average molecular weight is 356 g/mol. The second-order valence-corrected chi connectivity index (χ2v) is 5.76. The van der Waals surface area contributed by atoms with Crippen molar-refractivity contribution in [2.45, 2.75) is 20.4 Å². The minimum Gasteiger partial charge on any atom is -0.493 e. The molecule has 0 unspecified atom stereocenters. The van der Waals surface area contributed by atoms with Crippen LogP contribution in [0, 0.1) is 0 Å². The first-order chi connectivity index (χ1) is 12.5. The zero-order valence-corrected chi connectivity index (χ0v) is 15.5. The molecule has 6 heteroatoms. The van der Waals surface area contributed by atoms with Gasteiger partial charge in [-0.15, -0.1) is 0 Å². The number of carbonyl (C=O) groups excluding carboxylic acids is 2. The van der Waals surface area contributed by atoms with E-state index in [2.05, 4.69) is 5.32 Å². The summed E-state index contributed by atoms with van der Waals surface area (Å²) in [5.41, 5.74) is 2.08. The monoisotopic (exact) mass is 356 g/mol. The highest BCUT2D eigenvalue weighted by Gasteiger charge is 2.12. The van der Waals surface area contributed by atoms with Gasteiger partial charge in [0.1, 0.15) is 0 Å². The molecular formula is C20H24N2O4. The smallest absolute Gasteiger partial charge is 0.255 e. The first kappa shape index (κ1) is 19.3. The number of amides is 2. The van der Waals surface area contributed by atoms with E-state index >= 15 is 0 Å².